The second-order valence-electron chi connectivity index (χ2n) is 5.48. The van der Waals surface area contributed by atoms with Crippen molar-refractivity contribution >= 4 is 28.3 Å². The normalized spacial score (nSPS) is 12.4. The maximum atomic E-state index is 12.1. The van der Waals surface area contributed by atoms with Gasteiger partial charge < -0.3 is 9.73 Å². The van der Waals surface area contributed by atoms with Gasteiger partial charge in [-0.3, -0.25) is 9.00 Å². The van der Waals surface area contributed by atoms with Crippen LogP contribution in [0.3, 0.4) is 0 Å². The molecule has 0 saturated carbocycles. The molecule has 1 atom stereocenters. The smallest absolute Gasteiger partial charge is 0.232 e. The van der Waals surface area contributed by atoms with Crippen LogP contribution in [0, 0.1) is 6.92 Å². The third-order valence-corrected chi connectivity index (χ3v) is 4.45. The summed E-state index contributed by atoms with van der Waals surface area (Å²) >= 11 is 5.86. The molecule has 1 amide bonds. The number of aryl methyl sites for hydroxylation is 1. The molecule has 0 fully saturated rings. The van der Waals surface area contributed by atoms with Crippen LogP contribution in [0.25, 0.3) is 11.5 Å². The zero-order chi connectivity index (χ0) is 17.0. The van der Waals surface area contributed by atoms with Crippen molar-refractivity contribution in [3.05, 3.63) is 40.7 Å². The first-order chi connectivity index (χ1) is 10.8. The Morgan fingerprint density at radius 2 is 2.00 bits per heavy atom. The number of hydrogen-bond donors (Lipinski definition) is 1. The molecule has 1 aromatic heterocycles. The van der Waals surface area contributed by atoms with Gasteiger partial charge in [0.2, 0.25) is 11.8 Å². The Bertz CT molecular complexity index is 711. The Balaban J connectivity index is 2.05. The minimum absolute atomic E-state index is 0.0322. The van der Waals surface area contributed by atoms with E-state index in [1.54, 1.807) is 19.1 Å². The summed E-state index contributed by atoms with van der Waals surface area (Å²) in [6, 6.07) is 7.16. The summed E-state index contributed by atoms with van der Waals surface area (Å²) in [5.74, 6) is 0.984. The van der Waals surface area contributed by atoms with Gasteiger partial charge in [-0.15, -0.1) is 0 Å². The molecule has 2 rings (SSSR count). The number of oxazole rings is 1. The zero-order valence-corrected chi connectivity index (χ0v) is 14.8. The molecule has 0 aliphatic carbocycles. The number of hydrogen-bond acceptors (Lipinski definition) is 4. The molecule has 1 N–H and O–H groups in total. The van der Waals surface area contributed by atoms with E-state index in [9.17, 15) is 9.00 Å². The van der Waals surface area contributed by atoms with E-state index in [0.717, 1.165) is 5.56 Å². The molecule has 0 saturated heterocycles. The predicted molar refractivity (Wildman–Crippen MR) is 91.7 cm³/mol. The van der Waals surface area contributed by atoms with Gasteiger partial charge in [0, 0.05) is 27.4 Å². The van der Waals surface area contributed by atoms with Crippen LogP contribution in [0.15, 0.2) is 28.7 Å². The van der Waals surface area contributed by atoms with Gasteiger partial charge in [0.15, 0.2) is 0 Å². The number of amides is 1. The molecule has 0 unspecified atom stereocenters. The summed E-state index contributed by atoms with van der Waals surface area (Å²) in [5, 5.41) is 3.36. The number of nitrogens with one attached hydrogen (secondary N) is 1. The highest BCUT2D eigenvalue weighted by atomic mass is 35.5. The average molecular weight is 355 g/mol. The highest BCUT2D eigenvalue weighted by Gasteiger charge is 2.16. The van der Waals surface area contributed by atoms with Crippen LogP contribution < -0.4 is 5.32 Å². The Morgan fingerprint density at radius 1 is 1.35 bits per heavy atom. The zero-order valence-electron chi connectivity index (χ0n) is 13.3. The van der Waals surface area contributed by atoms with Crippen molar-refractivity contribution in [2.45, 2.75) is 32.6 Å². The van der Waals surface area contributed by atoms with E-state index in [1.807, 2.05) is 26.0 Å². The maximum absolute atomic E-state index is 12.1. The van der Waals surface area contributed by atoms with Crippen molar-refractivity contribution in [3.8, 4) is 11.5 Å². The molecule has 23 heavy (non-hydrogen) atoms. The minimum Gasteiger partial charge on any atom is -0.441 e. The van der Waals surface area contributed by atoms with Crippen molar-refractivity contribution < 1.29 is 13.4 Å². The number of benzene rings is 1. The van der Waals surface area contributed by atoms with Gasteiger partial charge in [-0.1, -0.05) is 11.6 Å². The van der Waals surface area contributed by atoms with Crippen molar-refractivity contribution in [1.82, 2.24) is 10.3 Å². The lowest BCUT2D eigenvalue weighted by molar-refractivity contribution is -0.119. The van der Waals surface area contributed by atoms with Crippen molar-refractivity contribution in [1.29, 1.82) is 0 Å². The third kappa shape index (κ3) is 5.18. The largest absolute Gasteiger partial charge is 0.441 e. The molecule has 7 heteroatoms. The van der Waals surface area contributed by atoms with Gasteiger partial charge in [-0.2, -0.15) is 0 Å². The van der Waals surface area contributed by atoms with E-state index < -0.39 is 10.8 Å². The fourth-order valence-corrected chi connectivity index (χ4v) is 3.17. The van der Waals surface area contributed by atoms with E-state index in [4.69, 9.17) is 16.0 Å². The van der Waals surface area contributed by atoms with Crippen molar-refractivity contribution in [2.75, 3.05) is 5.75 Å². The first-order valence-electron chi connectivity index (χ1n) is 7.21. The lowest BCUT2D eigenvalue weighted by Gasteiger charge is -2.07. The van der Waals surface area contributed by atoms with Crippen LogP contribution in [0.4, 0.5) is 0 Å². The second-order valence-corrected chi connectivity index (χ2v) is 7.37. The third-order valence-electron chi connectivity index (χ3n) is 3.02. The van der Waals surface area contributed by atoms with Crippen molar-refractivity contribution in [2.24, 2.45) is 0 Å². The highest BCUT2D eigenvalue weighted by Crippen LogP contribution is 2.23. The highest BCUT2D eigenvalue weighted by molar-refractivity contribution is 7.84. The lowest BCUT2D eigenvalue weighted by Crippen LogP contribution is -2.34. The number of halogens is 1. The topological polar surface area (TPSA) is 72.2 Å². The van der Waals surface area contributed by atoms with Gasteiger partial charge in [0.05, 0.1) is 11.4 Å². The molecule has 0 spiro atoms. The van der Waals surface area contributed by atoms with Crippen LogP contribution >= 0.6 is 11.6 Å². The van der Waals surface area contributed by atoms with E-state index in [0.29, 0.717) is 22.4 Å². The maximum Gasteiger partial charge on any atom is 0.232 e. The van der Waals surface area contributed by atoms with Crippen LogP contribution in [-0.4, -0.2) is 26.9 Å². The van der Waals surface area contributed by atoms with Crippen molar-refractivity contribution in [3.63, 3.8) is 0 Å². The molecule has 0 radical (unpaired) electrons. The fourth-order valence-electron chi connectivity index (χ4n) is 1.99. The number of aromatic nitrogens is 1. The summed E-state index contributed by atoms with van der Waals surface area (Å²) in [7, 11) is -1.33. The standard InChI is InChI=1S/C16H19ClN2O3S/c1-10(2)18-15(20)9-23(21)8-14-11(3)22-16(19-14)12-4-6-13(17)7-5-12/h4-7,10H,8-9H2,1-3H3,(H,18,20)/t23-/m1/s1. The monoisotopic (exact) mass is 354 g/mol. The van der Waals surface area contributed by atoms with Gasteiger partial charge in [-0.25, -0.2) is 4.98 Å². The van der Waals surface area contributed by atoms with E-state index in [2.05, 4.69) is 10.3 Å². The second kappa shape index (κ2) is 7.75. The number of carbonyl (C=O) groups is 1. The van der Waals surface area contributed by atoms with E-state index >= 15 is 0 Å². The van der Waals surface area contributed by atoms with E-state index in [1.165, 1.54) is 0 Å². The molecule has 5 nitrogen and oxygen atoms in total. The molecule has 0 aliphatic rings. The Morgan fingerprint density at radius 3 is 2.61 bits per heavy atom. The molecule has 2 aromatic rings. The summed E-state index contributed by atoms with van der Waals surface area (Å²) in [4.78, 5) is 16.0. The molecule has 124 valence electrons. The van der Waals surface area contributed by atoms with Gasteiger partial charge in [0.1, 0.15) is 11.5 Å². The number of nitrogens with zero attached hydrogens (tertiary/aromatic N) is 1. The quantitative estimate of drug-likeness (QED) is 0.865. The fraction of sp³-hybridized carbons (Fsp3) is 0.375. The SMILES string of the molecule is Cc1oc(-c2ccc(Cl)cc2)nc1C[S@@](=O)CC(=O)NC(C)C. The first kappa shape index (κ1) is 17.7. The van der Waals surface area contributed by atoms with Gasteiger partial charge in [-0.05, 0) is 45.0 Å². The first-order valence-corrected chi connectivity index (χ1v) is 9.08. The predicted octanol–water partition coefficient (Wildman–Crippen LogP) is 3.08. The van der Waals surface area contributed by atoms with Crippen LogP contribution in [0.1, 0.15) is 25.3 Å². The summed E-state index contributed by atoms with van der Waals surface area (Å²) < 4.78 is 17.7. The molecule has 0 bridgehead atoms. The van der Waals surface area contributed by atoms with Gasteiger partial charge >= 0.3 is 0 Å². The average Bonchev–Trinajstić information content (AvgIpc) is 2.79. The molecule has 1 aromatic carbocycles. The van der Waals surface area contributed by atoms with E-state index in [-0.39, 0.29) is 23.5 Å². The Hall–Kier alpha value is -1.66. The molecule has 1 heterocycles. The number of carbonyl (C=O) groups excluding carboxylic acids is 1. The summed E-state index contributed by atoms with van der Waals surface area (Å²) in [5.41, 5.74) is 1.40. The Labute approximate surface area is 142 Å². The van der Waals surface area contributed by atoms with Crippen LogP contribution in [0.2, 0.25) is 5.02 Å². The molecular formula is C16H19ClN2O3S. The number of rotatable bonds is 6. The molecule has 0 aliphatic heterocycles. The van der Waals surface area contributed by atoms with Crippen LogP contribution in [0.5, 0.6) is 0 Å². The Kier molecular flexibility index (Phi) is 5.96. The lowest BCUT2D eigenvalue weighted by atomic mass is 10.2. The van der Waals surface area contributed by atoms with Gasteiger partial charge in [0.25, 0.3) is 0 Å². The summed E-state index contributed by atoms with van der Waals surface area (Å²) in [6.45, 7) is 5.50. The summed E-state index contributed by atoms with van der Waals surface area (Å²) in [6.07, 6.45) is 0. The minimum atomic E-state index is -1.33. The van der Waals surface area contributed by atoms with Crippen LogP contribution in [-0.2, 0) is 21.3 Å². The molecular weight excluding hydrogens is 336 g/mol.